The monoisotopic (exact) mass is 350 g/mol. The number of amides is 1. The fraction of sp³-hybridized carbons (Fsp3) is 0.632. The smallest absolute Gasteiger partial charge is 0.220 e. The number of carbonyl (C=O) groups excluding carboxylic acids is 1. The highest BCUT2D eigenvalue weighted by Crippen LogP contribution is 2.38. The van der Waals surface area contributed by atoms with Crippen LogP contribution in [0.3, 0.4) is 0 Å². The van der Waals surface area contributed by atoms with Crippen molar-refractivity contribution in [3.05, 3.63) is 34.9 Å². The first-order valence-corrected chi connectivity index (χ1v) is 9.33. The minimum absolute atomic E-state index is 0.107. The van der Waals surface area contributed by atoms with Gasteiger partial charge in [-0.2, -0.15) is 0 Å². The van der Waals surface area contributed by atoms with Crippen LogP contribution < -0.4 is 11.1 Å². The van der Waals surface area contributed by atoms with Crippen LogP contribution in [0.5, 0.6) is 0 Å². The normalized spacial score (nSPS) is 26.2. The molecule has 1 aromatic rings. The van der Waals surface area contributed by atoms with Gasteiger partial charge in [0.25, 0.3) is 0 Å². The maximum atomic E-state index is 12.4. The fourth-order valence-electron chi connectivity index (χ4n) is 4.09. The molecule has 0 unspecified atom stereocenters. The van der Waals surface area contributed by atoms with E-state index in [1.54, 1.807) is 0 Å². The number of rotatable bonds is 5. The molecule has 1 aliphatic heterocycles. The number of carbonyl (C=O) groups is 1. The Balaban J connectivity index is 1.67. The summed E-state index contributed by atoms with van der Waals surface area (Å²) in [5.74, 6) is 0.436. The van der Waals surface area contributed by atoms with E-state index < -0.39 is 0 Å². The second kappa shape index (κ2) is 7.85. The van der Waals surface area contributed by atoms with E-state index in [9.17, 15) is 4.79 Å². The molecule has 1 aliphatic carbocycles. The van der Waals surface area contributed by atoms with Crippen molar-refractivity contribution >= 4 is 17.5 Å². The summed E-state index contributed by atoms with van der Waals surface area (Å²) in [6, 6.07) is 8.13. The number of nitrogens with one attached hydrogen (secondary N) is 1. The first-order valence-electron chi connectivity index (χ1n) is 8.96. The van der Waals surface area contributed by atoms with Crippen molar-refractivity contribution in [3.8, 4) is 0 Å². The van der Waals surface area contributed by atoms with Crippen LogP contribution in [-0.2, 0) is 14.9 Å². The van der Waals surface area contributed by atoms with Gasteiger partial charge < -0.3 is 15.8 Å². The first-order chi connectivity index (χ1) is 11.6. The summed E-state index contributed by atoms with van der Waals surface area (Å²) in [6.07, 6.45) is 5.53. The Labute approximate surface area is 149 Å². The molecule has 0 aromatic heterocycles. The summed E-state index contributed by atoms with van der Waals surface area (Å²) < 4.78 is 5.54. The lowest BCUT2D eigenvalue weighted by molar-refractivity contribution is -0.122. The van der Waals surface area contributed by atoms with Crippen LogP contribution >= 0.6 is 11.6 Å². The van der Waals surface area contributed by atoms with Gasteiger partial charge in [-0.3, -0.25) is 4.79 Å². The molecule has 1 amide bonds. The number of halogens is 1. The van der Waals surface area contributed by atoms with E-state index in [1.807, 2.05) is 18.2 Å². The highest BCUT2D eigenvalue weighted by atomic mass is 35.5. The largest absolute Gasteiger partial charge is 0.381 e. The molecule has 2 fully saturated rings. The van der Waals surface area contributed by atoms with Crippen molar-refractivity contribution in [1.29, 1.82) is 0 Å². The van der Waals surface area contributed by atoms with E-state index in [0.717, 1.165) is 42.7 Å². The Morgan fingerprint density at radius 3 is 2.71 bits per heavy atom. The van der Waals surface area contributed by atoms with E-state index in [2.05, 4.69) is 11.4 Å². The number of ether oxygens (including phenoxy) is 1. The summed E-state index contributed by atoms with van der Waals surface area (Å²) in [6.45, 7) is 2.02. The summed E-state index contributed by atoms with van der Waals surface area (Å²) in [4.78, 5) is 12.4. The molecule has 3 N–H and O–H groups in total. The summed E-state index contributed by atoms with van der Waals surface area (Å²) in [7, 11) is 0. The third kappa shape index (κ3) is 3.93. The van der Waals surface area contributed by atoms with Gasteiger partial charge in [0.15, 0.2) is 0 Å². The molecule has 1 saturated heterocycles. The van der Waals surface area contributed by atoms with Gasteiger partial charge in [-0.25, -0.2) is 0 Å². The van der Waals surface area contributed by atoms with Crippen molar-refractivity contribution in [2.45, 2.75) is 50.0 Å². The minimum Gasteiger partial charge on any atom is -0.381 e. The third-order valence-electron chi connectivity index (χ3n) is 5.68. The molecule has 1 aromatic carbocycles. The van der Waals surface area contributed by atoms with E-state index >= 15 is 0 Å². The molecule has 24 heavy (non-hydrogen) atoms. The van der Waals surface area contributed by atoms with Crippen LogP contribution in [0.1, 0.15) is 44.1 Å². The topological polar surface area (TPSA) is 64.4 Å². The van der Waals surface area contributed by atoms with Gasteiger partial charge in [0.05, 0.1) is 0 Å². The predicted molar refractivity (Wildman–Crippen MR) is 96.1 cm³/mol. The number of hydrogen-bond donors (Lipinski definition) is 2. The van der Waals surface area contributed by atoms with Crippen molar-refractivity contribution in [2.75, 3.05) is 19.8 Å². The standard InChI is InChI=1S/C19H27ClN2O2/c20-16-6-2-1-5-15(16)19(8-10-24-11-9-19)13-22-18(23)12-14-4-3-7-17(14)21/h1-2,5-6,14,17H,3-4,7-13,21H2,(H,22,23)/t14-,17+/m0/s1. The lowest BCUT2D eigenvalue weighted by Crippen LogP contribution is -2.45. The predicted octanol–water partition coefficient (Wildman–Crippen LogP) is 3.02. The molecule has 4 nitrogen and oxygen atoms in total. The molecule has 3 rings (SSSR count). The van der Waals surface area contributed by atoms with E-state index in [0.29, 0.717) is 32.1 Å². The van der Waals surface area contributed by atoms with Crippen molar-refractivity contribution in [3.63, 3.8) is 0 Å². The van der Waals surface area contributed by atoms with Crippen molar-refractivity contribution < 1.29 is 9.53 Å². The molecule has 132 valence electrons. The molecule has 0 radical (unpaired) electrons. The molecule has 2 atom stereocenters. The maximum Gasteiger partial charge on any atom is 0.220 e. The van der Waals surface area contributed by atoms with Gasteiger partial charge in [0.2, 0.25) is 5.91 Å². The van der Waals surface area contributed by atoms with Crippen LogP contribution in [-0.4, -0.2) is 31.7 Å². The molecule has 1 heterocycles. The second-order valence-electron chi connectivity index (χ2n) is 7.21. The molecular weight excluding hydrogens is 324 g/mol. The Bertz CT molecular complexity index is 572. The number of benzene rings is 1. The van der Waals surface area contributed by atoms with E-state index in [-0.39, 0.29) is 17.4 Å². The molecule has 2 aliphatic rings. The molecule has 0 bridgehead atoms. The zero-order valence-corrected chi connectivity index (χ0v) is 14.9. The SMILES string of the molecule is N[C@@H]1CCC[C@H]1CC(=O)NCC1(c2ccccc2Cl)CCOCC1. The van der Waals surface area contributed by atoms with Crippen LogP contribution in [0.2, 0.25) is 5.02 Å². The third-order valence-corrected chi connectivity index (χ3v) is 6.01. The van der Waals surface area contributed by atoms with E-state index in [1.165, 1.54) is 0 Å². The Morgan fingerprint density at radius 1 is 1.29 bits per heavy atom. The molecule has 1 saturated carbocycles. The fourth-order valence-corrected chi connectivity index (χ4v) is 4.43. The highest BCUT2D eigenvalue weighted by Gasteiger charge is 2.36. The summed E-state index contributed by atoms with van der Waals surface area (Å²) in [5.41, 5.74) is 7.07. The lowest BCUT2D eigenvalue weighted by Gasteiger charge is -2.38. The highest BCUT2D eigenvalue weighted by molar-refractivity contribution is 6.31. The lowest BCUT2D eigenvalue weighted by atomic mass is 9.74. The van der Waals surface area contributed by atoms with Crippen LogP contribution in [0.15, 0.2) is 24.3 Å². The van der Waals surface area contributed by atoms with Crippen LogP contribution in [0, 0.1) is 5.92 Å². The van der Waals surface area contributed by atoms with Gasteiger partial charge in [-0.15, -0.1) is 0 Å². The summed E-state index contributed by atoms with van der Waals surface area (Å²) >= 11 is 6.45. The van der Waals surface area contributed by atoms with Crippen molar-refractivity contribution in [2.24, 2.45) is 11.7 Å². The zero-order chi connectivity index (χ0) is 17.0. The average Bonchev–Trinajstić information content (AvgIpc) is 2.99. The first kappa shape index (κ1) is 17.7. The average molecular weight is 351 g/mol. The number of nitrogens with two attached hydrogens (primary N) is 1. The van der Waals surface area contributed by atoms with Gasteiger partial charge in [0, 0.05) is 42.7 Å². The number of hydrogen-bond acceptors (Lipinski definition) is 3. The van der Waals surface area contributed by atoms with Crippen LogP contribution in [0.25, 0.3) is 0 Å². The Hall–Kier alpha value is -1.10. The molecule has 0 spiro atoms. The van der Waals surface area contributed by atoms with E-state index in [4.69, 9.17) is 22.1 Å². The zero-order valence-electron chi connectivity index (χ0n) is 14.1. The van der Waals surface area contributed by atoms with Gasteiger partial charge >= 0.3 is 0 Å². The summed E-state index contributed by atoms with van der Waals surface area (Å²) in [5, 5.41) is 3.93. The van der Waals surface area contributed by atoms with Crippen molar-refractivity contribution in [1.82, 2.24) is 5.32 Å². The Morgan fingerprint density at radius 2 is 2.04 bits per heavy atom. The molecule has 5 heteroatoms. The minimum atomic E-state index is -0.135. The van der Waals surface area contributed by atoms with Crippen LogP contribution in [0.4, 0.5) is 0 Å². The second-order valence-corrected chi connectivity index (χ2v) is 7.62. The quantitative estimate of drug-likeness (QED) is 0.857. The van der Waals surface area contributed by atoms with Gasteiger partial charge in [-0.1, -0.05) is 36.2 Å². The Kier molecular flexibility index (Phi) is 5.80. The van der Waals surface area contributed by atoms with Gasteiger partial charge in [0.1, 0.15) is 0 Å². The van der Waals surface area contributed by atoms with Gasteiger partial charge in [-0.05, 0) is 43.2 Å². The molecular formula is C19H27ClN2O2. The maximum absolute atomic E-state index is 12.4.